The van der Waals surface area contributed by atoms with Crippen LogP contribution < -0.4 is 4.74 Å². The molecule has 0 saturated heterocycles. The summed E-state index contributed by atoms with van der Waals surface area (Å²) < 4.78 is 28.5. The molecule has 0 amide bonds. The molecule has 0 saturated carbocycles. The molecule has 1 aromatic heterocycles. The van der Waals surface area contributed by atoms with Crippen LogP contribution in [0.3, 0.4) is 0 Å². The van der Waals surface area contributed by atoms with Gasteiger partial charge in [0.05, 0.1) is 39.7 Å². The quantitative estimate of drug-likeness (QED) is 0.407. The van der Waals surface area contributed by atoms with Gasteiger partial charge in [0, 0.05) is 12.6 Å². The van der Waals surface area contributed by atoms with Gasteiger partial charge in [-0.1, -0.05) is 12.1 Å². The second-order valence-corrected chi connectivity index (χ2v) is 9.78. The highest BCUT2D eigenvalue weighted by atomic mass is 79.9. The van der Waals surface area contributed by atoms with E-state index in [9.17, 15) is 4.39 Å². The molecule has 2 heterocycles. The first-order valence-corrected chi connectivity index (χ1v) is 11.0. The van der Waals surface area contributed by atoms with Crippen LogP contribution in [0.25, 0.3) is 22.6 Å². The molecule has 0 bridgehead atoms. The Balaban J connectivity index is 1.93. The first kappa shape index (κ1) is 21.8. The zero-order valence-electron chi connectivity index (χ0n) is 18.4. The van der Waals surface area contributed by atoms with Crippen molar-refractivity contribution in [2.24, 2.45) is 0 Å². The van der Waals surface area contributed by atoms with Crippen molar-refractivity contribution in [2.75, 3.05) is 7.11 Å². The van der Waals surface area contributed by atoms with Crippen LogP contribution in [-0.2, 0) is 4.74 Å². The molecule has 0 radical (unpaired) electrons. The topological polar surface area (TPSA) is 36.3 Å². The van der Waals surface area contributed by atoms with Gasteiger partial charge in [0.1, 0.15) is 17.4 Å². The van der Waals surface area contributed by atoms with Gasteiger partial charge in [0.2, 0.25) is 0 Å². The number of hydrogen-bond acceptors (Lipinski definition) is 3. The summed E-state index contributed by atoms with van der Waals surface area (Å²) in [7, 11) is 1.64. The normalized spacial score (nSPS) is 17.3. The average Bonchev–Trinajstić information content (AvgIpc) is 3.13. The van der Waals surface area contributed by atoms with Crippen molar-refractivity contribution < 1.29 is 13.9 Å². The number of halogens is 2. The Morgan fingerprint density at radius 3 is 2.55 bits per heavy atom. The van der Waals surface area contributed by atoms with E-state index in [-0.39, 0.29) is 11.4 Å². The van der Waals surface area contributed by atoms with Gasteiger partial charge < -0.3 is 9.47 Å². The maximum absolute atomic E-state index is 14.4. The highest BCUT2D eigenvalue weighted by molar-refractivity contribution is 9.10. The van der Waals surface area contributed by atoms with Crippen molar-refractivity contribution in [2.45, 2.75) is 45.3 Å². The van der Waals surface area contributed by atoms with Gasteiger partial charge in [0.15, 0.2) is 0 Å². The molecule has 0 atom stereocenters. The molecule has 4 rings (SSSR count). The minimum atomic E-state index is -0.408. The van der Waals surface area contributed by atoms with Gasteiger partial charge in [-0.25, -0.2) is 9.37 Å². The summed E-state index contributed by atoms with van der Waals surface area (Å²) in [6, 6.07) is 12.8. The van der Waals surface area contributed by atoms with E-state index in [0.717, 1.165) is 23.3 Å². The molecule has 0 unspecified atom stereocenters. The molecule has 0 fully saturated rings. The number of para-hydroxylation sites is 1. The average molecular weight is 485 g/mol. The maximum Gasteiger partial charge on any atom is 0.148 e. The summed E-state index contributed by atoms with van der Waals surface area (Å²) in [5.41, 5.74) is 2.75. The Bertz CT molecular complexity index is 1160. The summed E-state index contributed by atoms with van der Waals surface area (Å²) in [6.45, 7) is 8.28. The second-order valence-electron chi connectivity index (χ2n) is 8.93. The number of methoxy groups -OCH3 is 1. The molecule has 0 spiro atoms. The lowest BCUT2D eigenvalue weighted by Crippen LogP contribution is -2.39. The lowest BCUT2D eigenvalue weighted by Gasteiger charge is -2.39. The van der Waals surface area contributed by atoms with Crippen molar-refractivity contribution in [3.05, 3.63) is 70.7 Å². The van der Waals surface area contributed by atoms with Crippen LogP contribution in [0.2, 0.25) is 0 Å². The Labute approximate surface area is 190 Å². The number of imidazole rings is 1. The van der Waals surface area contributed by atoms with E-state index in [1.165, 1.54) is 6.07 Å². The molecule has 0 aliphatic carbocycles. The van der Waals surface area contributed by atoms with Crippen molar-refractivity contribution in [3.8, 4) is 22.8 Å². The third kappa shape index (κ3) is 4.46. The Hall–Kier alpha value is -2.44. The van der Waals surface area contributed by atoms with E-state index in [1.807, 2.05) is 41.1 Å². The monoisotopic (exact) mass is 484 g/mol. The van der Waals surface area contributed by atoms with Crippen molar-refractivity contribution in [3.63, 3.8) is 0 Å². The minimum absolute atomic E-state index is 0.314. The zero-order chi connectivity index (χ0) is 22.4. The Kier molecular flexibility index (Phi) is 5.56. The largest absolute Gasteiger partial charge is 0.496 e. The predicted molar refractivity (Wildman–Crippen MR) is 125 cm³/mol. The summed E-state index contributed by atoms with van der Waals surface area (Å²) in [5, 5.41) is 0. The lowest BCUT2D eigenvalue weighted by molar-refractivity contribution is -0.100. The van der Waals surface area contributed by atoms with Gasteiger partial charge in [-0.2, -0.15) is 0 Å². The molecular weight excluding hydrogens is 459 g/mol. The van der Waals surface area contributed by atoms with Crippen molar-refractivity contribution in [1.82, 2.24) is 9.55 Å². The molecule has 31 heavy (non-hydrogen) atoms. The fourth-order valence-corrected chi connectivity index (χ4v) is 4.50. The van der Waals surface area contributed by atoms with Crippen LogP contribution in [0, 0.1) is 5.82 Å². The lowest BCUT2D eigenvalue weighted by atomic mass is 9.88. The van der Waals surface area contributed by atoms with Crippen LogP contribution in [0.4, 0.5) is 4.39 Å². The second kappa shape index (κ2) is 7.92. The first-order valence-electron chi connectivity index (χ1n) is 10.2. The van der Waals surface area contributed by atoms with Gasteiger partial charge in [-0.3, -0.25) is 4.57 Å². The fraction of sp³-hybridized carbons (Fsp3) is 0.320. The SMILES string of the molecule is COc1ccccc1-c1nc(C2=CC(C)(C)OC(C)(C)C2)cn1-c1ccc(Br)c(F)c1. The van der Waals surface area contributed by atoms with E-state index in [4.69, 9.17) is 14.5 Å². The molecular formula is C25H26BrFN2O2. The fourth-order valence-electron chi connectivity index (χ4n) is 4.26. The number of nitrogens with zero attached hydrogens (tertiary/aromatic N) is 2. The smallest absolute Gasteiger partial charge is 0.148 e. The third-order valence-corrected chi connectivity index (χ3v) is 5.88. The predicted octanol–water partition coefficient (Wildman–Crippen LogP) is 6.81. The third-order valence-electron chi connectivity index (χ3n) is 5.24. The maximum atomic E-state index is 14.4. The van der Waals surface area contributed by atoms with Crippen LogP contribution in [0.5, 0.6) is 5.75 Å². The van der Waals surface area contributed by atoms with Gasteiger partial charge in [-0.05, 0) is 85.6 Å². The van der Waals surface area contributed by atoms with E-state index in [1.54, 1.807) is 13.2 Å². The molecule has 1 aliphatic heterocycles. The molecule has 2 aromatic carbocycles. The standard InChI is InChI=1S/C25H26BrFN2O2/c1-24(2)13-16(14-25(3,4)31-24)21-15-29(17-10-11-19(26)20(27)12-17)23(28-21)18-8-6-7-9-22(18)30-5/h6-13,15H,14H2,1-5H3. The number of aromatic nitrogens is 2. The highest BCUT2D eigenvalue weighted by Crippen LogP contribution is 2.40. The van der Waals surface area contributed by atoms with Crippen LogP contribution in [-0.4, -0.2) is 27.9 Å². The first-order chi connectivity index (χ1) is 14.6. The van der Waals surface area contributed by atoms with Crippen LogP contribution >= 0.6 is 15.9 Å². The minimum Gasteiger partial charge on any atom is -0.496 e. The Morgan fingerprint density at radius 2 is 1.87 bits per heavy atom. The summed E-state index contributed by atoms with van der Waals surface area (Å²) in [5.74, 6) is 1.07. The van der Waals surface area contributed by atoms with Crippen LogP contribution in [0.15, 0.2) is 59.2 Å². The molecule has 3 aromatic rings. The van der Waals surface area contributed by atoms with E-state index >= 15 is 0 Å². The van der Waals surface area contributed by atoms with E-state index in [2.05, 4.69) is 49.7 Å². The number of ether oxygens (including phenoxy) is 2. The van der Waals surface area contributed by atoms with Crippen molar-refractivity contribution >= 4 is 21.5 Å². The molecule has 162 valence electrons. The van der Waals surface area contributed by atoms with Gasteiger partial charge in [-0.15, -0.1) is 0 Å². The number of hydrogen-bond donors (Lipinski definition) is 0. The zero-order valence-corrected chi connectivity index (χ0v) is 20.0. The highest BCUT2D eigenvalue weighted by Gasteiger charge is 2.35. The summed E-state index contributed by atoms with van der Waals surface area (Å²) >= 11 is 3.24. The van der Waals surface area contributed by atoms with Gasteiger partial charge in [0.25, 0.3) is 0 Å². The number of benzene rings is 2. The molecule has 1 aliphatic rings. The van der Waals surface area contributed by atoms with E-state index in [0.29, 0.717) is 21.7 Å². The molecule has 0 N–H and O–H groups in total. The van der Waals surface area contributed by atoms with E-state index < -0.39 is 5.60 Å². The van der Waals surface area contributed by atoms with Crippen LogP contribution in [0.1, 0.15) is 39.8 Å². The summed E-state index contributed by atoms with van der Waals surface area (Å²) in [6.07, 6.45) is 4.82. The Morgan fingerprint density at radius 1 is 1.13 bits per heavy atom. The van der Waals surface area contributed by atoms with Gasteiger partial charge >= 0.3 is 0 Å². The molecule has 6 heteroatoms. The summed E-state index contributed by atoms with van der Waals surface area (Å²) in [4.78, 5) is 5.00. The van der Waals surface area contributed by atoms with Crippen molar-refractivity contribution in [1.29, 1.82) is 0 Å². The number of rotatable bonds is 4. The molecule has 4 nitrogen and oxygen atoms in total.